The van der Waals surface area contributed by atoms with E-state index in [0.717, 1.165) is 15.4 Å². The number of thiazole rings is 1. The quantitative estimate of drug-likeness (QED) is 0.853. The highest BCUT2D eigenvalue weighted by Gasteiger charge is 2.15. The second-order valence-electron chi connectivity index (χ2n) is 4.36. The lowest BCUT2D eigenvalue weighted by Crippen LogP contribution is -2.23. The molecule has 0 saturated heterocycles. The van der Waals surface area contributed by atoms with Crippen molar-refractivity contribution in [2.45, 2.75) is 13.5 Å². The van der Waals surface area contributed by atoms with Crippen LogP contribution in [0.1, 0.15) is 15.4 Å². The van der Waals surface area contributed by atoms with E-state index in [4.69, 9.17) is 0 Å². The molecule has 0 saturated carbocycles. The van der Waals surface area contributed by atoms with E-state index in [1.165, 1.54) is 21.1 Å². The van der Waals surface area contributed by atoms with E-state index in [1.807, 2.05) is 37.3 Å². The first-order chi connectivity index (χ1) is 9.47. The van der Waals surface area contributed by atoms with Crippen molar-refractivity contribution in [2.75, 3.05) is 7.05 Å². The predicted octanol–water partition coefficient (Wildman–Crippen LogP) is 2.88. The van der Waals surface area contributed by atoms with Crippen LogP contribution in [0.5, 0.6) is 0 Å². The second kappa shape index (κ2) is 6.30. The van der Waals surface area contributed by atoms with Gasteiger partial charge in [0.1, 0.15) is 0 Å². The molecule has 0 aliphatic carbocycles. The summed E-state index contributed by atoms with van der Waals surface area (Å²) >= 11 is 1.51. The molecular formula is C14H16N2O2S2. The zero-order chi connectivity index (χ0) is 14.6. The van der Waals surface area contributed by atoms with Crippen LogP contribution in [0, 0.1) is 6.92 Å². The fraction of sp³-hybridized carbons (Fsp3) is 0.214. The molecule has 20 heavy (non-hydrogen) atoms. The van der Waals surface area contributed by atoms with Crippen molar-refractivity contribution in [1.82, 2.24) is 9.29 Å². The Hall–Kier alpha value is -1.50. The van der Waals surface area contributed by atoms with Gasteiger partial charge in [-0.05, 0) is 18.6 Å². The Labute approximate surface area is 123 Å². The van der Waals surface area contributed by atoms with Crippen LogP contribution in [-0.4, -0.2) is 24.8 Å². The highest BCUT2D eigenvalue weighted by atomic mass is 32.2. The van der Waals surface area contributed by atoms with Crippen molar-refractivity contribution in [3.8, 4) is 0 Å². The van der Waals surface area contributed by atoms with E-state index in [1.54, 1.807) is 19.3 Å². The zero-order valence-corrected chi connectivity index (χ0v) is 13.0. The van der Waals surface area contributed by atoms with Gasteiger partial charge in [0.2, 0.25) is 10.0 Å². The Morgan fingerprint density at radius 1 is 1.30 bits per heavy atom. The monoisotopic (exact) mass is 308 g/mol. The largest absolute Gasteiger partial charge is 0.250 e. The van der Waals surface area contributed by atoms with Gasteiger partial charge in [0.05, 0.1) is 5.01 Å². The summed E-state index contributed by atoms with van der Waals surface area (Å²) in [6.07, 6.45) is 3.32. The Morgan fingerprint density at radius 3 is 2.60 bits per heavy atom. The molecule has 0 N–H and O–H groups in total. The average Bonchev–Trinajstić information content (AvgIpc) is 2.83. The van der Waals surface area contributed by atoms with Crippen LogP contribution >= 0.6 is 11.3 Å². The summed E-state index contributed by atoms with van der Waals surface area (Å²) in [5.41, 5.74) is 0.859. The molecule has 2 aromatic rings. The minimum atomic E-state index is -3.42. The predicted molar refractivity (Wildman–Crippen MR) is 82.7 cm³/mol. The van der Waals surface area contributed by atoms with Crippen LogP contribution in [-0.2, 0) is 16.6 Å². The van der Waals surface area contributed by atoms with Crippen molar-refractivity contribution in [3.63, 3.8) is 0 Å². The second-order valence-corrected chi connectivity index (χ2v) is 7.60. The van der Waals surface area contributed by atoms with Crippen LogP contribution in [0.4, 0.5) is 0 Å². The van der Waals surface area contributed by atoms with Gasteiger partial charge in [-0.25, -0.2) is 13.4 Å². The van der Waals surface area contributed by atoms with Gasteiger partial charge in [-0.15, -0.1) is 11.3 Å². The van der Waals surface area contributed by atoms with Crippen molar-refractivity contribution in [2.24, 2.45) is 0 Å². The van der Waals surface area contributed by atoms with Gasteiger partial charge in [-0.3, -0.25) is 0 Å². The lowest BCUT2D eigenvalue weighted by molar-refractivity contribution is 0.478. The molecule has 4 nitrogen and oxygen atoms in total. The Morgan fingerprint density at radius 2 is 2.00 bits per heavy atom. The number of aromatic nitrogens is 1. The molecule has 1 aromatic heterocycles. The molecule has 2 rings (SSSR count). The molecule has 0 aliphatic heterocycles. The molecule has 0 spiro atoms. The Bertz CT molecular complexity index is 691. The van der Waals surface area contributed by atoms with Crippen molar-refractivity contribution in [3.05, 3.63) is 57.4 Å². The molecule has 0 atom stereocenters. The summed E-state index contributed by atoms with van der Waals surface area (Å²) in [5.74, 6) is 0. The smallest absolute Gasteiger partial charge is 0.236 e. The van der Waals surface area contributed by atoms with Gasteiger partial charge in [0.25, 0.3) is 0 Å². The molecule has 1 aromatic carbocycles. The van der Waals surface area contributed by atoms with Gasteiger partial charge in [-0.1, -0.05) is 30.3 Å². The molecule has 1 heterocycles. The maximum absolute atomic E-state index is 12.1. The summed E-state index contributed by atoms with van der Waals surface area (Å²) < 4.78 is 25.6. The fourth-order valence-corrected chi connectivity index (χ4v) is 3.41. The minimum absolute atomic E-state index is 0.340. The van der Waals surface area contributed by atoms with E-state index in [9.17, 15) is 8.42 Å². The van der Waals surface area contributed by atoms with E-state index in [0.29, 0.717) is 6.54 Å². The number of rotatable bonds is 5. The third-order valence-electron chi connectivity index (χ3n) is 2.71. The molecule has 0 aliphatic rings. The van der Waals surface area contributed by atoms with Crippen molar-refractivity contribution >= 4 is 27.4 Å². The third-order valence-corrected chi connectivity index (χ3v) is 5.09. The number of hydrogen-bond donors (Lipinski definition) is 0. The van der Waals surface area contributed by atoms with E-state index < -0.39 is 10.0 Å². The van der Waals surface area contributed by atoms with Gasteiger partial charge in [-0.2, -0.15) is 4.31 Å². The number of benzene rings is 1. The maximum Gasteiger partial charge on any atom is 0.236 e. The number of sulfonamides is 1. The normalized spacial score (nSPS) is 12.3. The highest BCUT2D eigenvalue weighted by molar-refractivity contribution is 7.92. The Kier molecular flexibility index (Phi) is 4.69. The van der Waals surface area contributed by atoms with Crippen LogP contribution in [0.3, 0.4) is 0 Å². The molecular weight excluding hydrogens is 292 g/mol. The number of hydrogen-bond acceptors (Lipinski definition) is 4. The minimum Gasteiger partial charge on any atom is -0.250 e. The van der Waals surface area contributed by atoms with E-state index in [2.05, 4.69) is 4.98 Å². The number of nitrogens with zero attached hydrogens (tertiary/aromatic N) is 2. The Balaban J connectivity index is 2.08. The summed E-state index contributed by atoms with van der Waals surface area (Å²) in [4.78, 5) is 5.06. The highest BCUT2D eigenvalue weighted by Crippen LogP contribution is 2.16. The lowest BCUT2D eigenvalue weighted by Gasteiger charge is -2.12. The van der Waals surface area contributed by atoms with E-state index in [-0.39, 0.29) is 0 Å². The lowest BCUT2D eigenvalue weighted by atomic mass is 10.2. The maximum atomic E-state index is 12.1. The molecule has 0 amide bonds. The first-order valence-corrected chi connectivity index (χ1v) is 8.40. The number of aryl methyl sites for hydroxylation is 1. The molecule has 0 radical (unpaired) electrons. The average molecular weight is 308 g/mol. The van der Waals surface area contributed by atoms with Crippen LogP contribution in [0.15, 0.2) is 41.9 Å². The topological polar surface area (TPSA) is 50.3 Å². The third kappa shape index (κ3) is 4.00. The van der Waals surface area contributed by atoms with Gasteiger partial charge in [0.15, 0.2) is 0 Å². The van der Waals surface area contributed by atoms with Crippen molar-refractivity contribution < 1.29 is 8.42 Å². The van der Waals surface area contributed by atoms with E-state index >= 15 is 0 Å². The fourth-order valence-electron chi connectivity index (χ4n) is 1.62. The summed E-state index contributed by atoms with van der Waals surface area (Å²) in [6, 6.07) is 9.35. The van der Waals surface area contributed by atoms with Crippen molar-refractivity contribution in [1.29, 1.82) is 0 Å². The summed E-state index contributed by atoms with van der Waals surface area (Å²) in [7, 11) is -1.85. The van der Waals surface area contributed by atoms with Crippen LogP contribution in [0.25, 0.3) is 6.08 Å². The van der Waals surface area contributed by atoms with Gasteiger partial charge >= 0.3 is 0 Å². The SMILES string of the molecule is Cc1ncc(CN(C)S(=O)(=O)C=Cc2ccccc2)s1. The molecule has 0 fully saturated rings. The molecule has 0 bridgehead atoms. The first-order valence-electron chi connectivity index (χ1n) is 6.08. The molecule has 6 heteroatoms. The van der Waals surface area contributed by atoms with Crippen LogP contribution < -0.4 is 0 Å². The molecule has 106 valence electrons. The summed E-state index contributed by atoms with van der Waals surface area (Å²) in [5, 5.41) is 2.17. The van der Waals surface area contributed by atoms with Gasteiger partial charge in [0, 0.05) is 30.1 Å². The summed E-state index contributed by atoms with van der Waals surface area (Å²) in [6.45, 7) is 2.24. The molecule has 0 unspecified atom stereocenters. The van der Waals surface area contributed by atoms with Crippen LogP contribution in [0.2, 0.25) is 0 Å². The van der Waals surface area contributed by atoms with Gasteiger partial charge < -0.3 is 0 Å². The zero-order valence-electron chi connectivity index (χ0n) is 11.4. The first kappa shape index (κ1) is 14.9. The standard InChI is InChI=1S/C14H16N2O2S2/c1-12-15-10-14(19-12)11-16(2)20(17,18)9-8-13-6-4-3-5-7-13/h3-10H,11H2,1-2H3.